The number of nitrogens with two attached hydrogens (primary N) is 1. The zero-order chi connectivity index (χ0) is 14.6. The van der Waals surface area contributed by atoms with Gasteiger partial charge in [0.25, 0.3) is 0 Å². The largest absolute Gasteiger partial charge is 0.330 e. The molecule has 0 bridgehead atoms. The van der Waals surface area contributed by atoms with Crippen molar-refractivity contribution in [3.63, 3.8) is 0 Å². The molecule has 3 atom stereocenters. The van der Waals surface area contributed by atoms with Crippen LogP contribution in [-0.2, 0) is 10.0 Å². The van der Waals surface area contributed by atoms with Gasteiger partial charge in [0.1, 0.15) is 0 Å². The van der Waals surface area contributed by atoms with Crippen molar-refractivity contribution in [3.05, 3.63) is 35.9 Å². The molecule has 1 fully saturated rings. The van der Waals surface area contributed by atoms with E-state index in [4.69, 9.17) is 5.73 Å². The Hall–Kier alpha value is -0.910. The Labute approximate surface area is 121 Å². The molecule has 4 nitrogen and oxygen atoms in total. The lowest BCUT2D eigenvalue weighted by atomic mass is 10.0. The highest BCUT2D eigenvalue weighted by Gasteiger charge is 2.30. The molecule has 2 rings (SSSR count). The van der Waals surface area contributed by atoms with Crippen molar-refractivity contribution in [2.45, 2.75) is 38.1 Å². The zero-order valence-corrected chi connectivity index (χ0v) is 12.8. The molecule has 1 saturated carbocycles. The lowest BCUT2D eigenvalue weighted by molar-refractivity contribution is 0.452. The number of hydrogen-bond acceptors (Lipinski definition) is 3. The highest BCUT2D eigenvalue weighted by atomic mass is 32.2. The van der Waals surface area contributed by atoms with Gasteiger partial charge in [0.2, 0.25) is 10.0 Å². The van der Waals surface area contributed by atoms with Gasteiger partial charge in [-0.3, -0.25) is 0 Å². The summed E-state index contributed by atoms with van der Waals surface area (Å²) in [5.41, 5.74) is 6.76. The van der Waals surface area contributed by atoms with Crippen LogP contribution in [0.1, 0.15) is 37.7 Å². The van der Waals surface area contributed by atoms with Crippen molar-refractivity contribution < 1.29 is 8.42 Å². The molecule has 0 radical (unpaired) electrons. The first-order valence-corrected chi connectivity index (χ1v) is 8.92. The number of hydrogen-bond donors (Lipinski definition) is 2. The standard InChI is InChI=1S/C15H24N2O2S/c1-12(13-6-3-2-4-7-13)11-20(18,19)17-15-9-5-8-14(15)10-16/h2-4,6-7,12,14-15,17H,5,8-11,16H2,1H3. The zero-order valence-electron chi connectivity index (χ0n) is 12.0. The van der Waals surface area contributed by atoms with Gasteiger partial charge in [-0.05, 0) is 36.8 Å². The van der Waals surface area contributed by atoms with Crippen LogP contribution in [0.3, 0.4) is 0 Å². The van der Waals surface area contributed by atoms with Crippen molar-refractivity contribution in [2.24, 2.45) is 11.7 Å². The summed E-state index contributed by atoms with van der Waals surface area (Å²) in [6.07, 6.45) is 2.99. The second kappa shape index (κ2) is 6.70. The van der Waals surface area contributed by atoms with Crippen molar-refractivity contribution in [2.75, 3.05) is 12.3 Å². The molecule has 1 aromatic rings. The molecular formula is C15H24N2O2S. The highest BCUT2D eigenvalue weighted by molar-refractivity contribution is 7.89. The SMILES string of the molecule is CC(CS(=O)(=O)NC1CCCC1CN)c1ccccc1. The van der Waals surface area contributed by atoms with E-state index < -0.39 is 10.0 Å². The van der Waals surface area contributed by atoms with Gasteiger partial charge < -0.3 is 5.73 Å². The number of sulfonamides is 1. The van der Waals surface area contributed by atoms with E-state index in [0.29, 0.717) is 6.54 Å². The lowest BCUT2D eigenvalue weighted by Gasteiger charge is -2.21. The summed E-state index contributed by atoms with van der Waals surface area (Å²) in [5.74, 6) is 0.411. The van der Waals surface area contributed by atoms with Crippen LogP contribution in [-0.4, -0.2) is 26.8 Å². The third-order valence-electron chi connectivity index (χ3n) is 4.13. The first-order valence-electron chi connectivity index (χ1n) is 7.27. The van der Waals surface area contributed by atoms with Crippen LogP contribution in [0.5, 0.6) is 0 Å². The summed E-state index contributed by atoms with van der Waals surface area (Å²) < 4.78 is 27.4. The van der Waals surface area contributed by atoms with Crippen LogP contribution in [0.15, 0.2) is 30.3 Å². The molecule has 112 valence electrons. The topological polar surface area (TPSA) is 72.2 Å². The molecule has 0 heterocycles. The molecule has 0 saturated heterocycles. The Kier molecular flexibility index (Phi) is 5.18. The van der Waals surface area contributed by atoms with Crippen LogP contribution in [0, 0.1) is 5.92 Å². The molecule has 3 N–H and O–H groups in total. The second-order valence-corrected chi connectivity index (χ2v) is 7.54. The average Bonchev–Trinajstić information content (AvgIpc) is 2.85. The van der Waals surface area contributed by atoms with Gasteiger partial charge in [0.05, 0.1) is 5.75 Å². The van der Waals surface area contributed by atoms with Crippen LogP contribution >= 0.6 is 0 Å². The summed E-state index contributed by atoms with van der Waals surface area (Å²) in [4.78, 5) is 0. The maximum atomic E-state index is 12.3. The van der Waals surface area contributed by atoms with Crippen LogP contribution in [0.25, 0.3) is 0 Å². The molecule has 1 aromatic carbocycles. The fraction of sp³-hybridized carbons (Fsp3) is 0.600. The van der Waals surface area contributed by atoms with Crippen molar-refractivity contribution in [3.8, 4) is 0 Å². The molecular weight excluding hydrogens is 272 g/mol. The van der Waals surface area contributed by atoms with Crippen molar-refractivity contribution >= 4 is 10.0 Å². The predicted molar refractivity (Wildman–Crippen MR) is 82.0 cm³/mol. The summed E-state index contributed by atoms with van der Waals surface area (Å²) in [7, 11) is -3.26. The first-order chi connectivity index (χ1) is 9.52. The molecule has 0 aromatic heterocycles. The molecule has 3 unspecified atom stereocenters. The van der Waals surface area contributed by atoms with Gasteiger partial charge in [-0.25, -0.2) is 13.1 Å². The van der Waals surface area contributed by atoms with Crippen molar-refractivity contribution in [1.29, 1.82) is 0 Å². The minimum atomic E-state index is -3.26. The Balaban J connectivity index is 1.97. The van der Waals surface area contributed by atoms with E-state index in [-0.39, 0.29) is 23.6 Å². The first kappa shape index (κ1) is 15.5. The Morgan fingerprint density at radius 2 is 2.00 bits per heavy atom. The summed E-state index contributed by atoms with van der Waals surface area (Å²) in [6, 6.07) is 9.78. The quantitative estimate of drug-likeness (QED) is 0.841. The smallest absolute Gasteiger partial charge is 0.212 e. The molecule has 1 aliphatic rings. The molecule has 20 heavy (non-hydrogen) atoms. The number of rotatable bonds is 6. The van der Waals surface area contributed by atoms with Gasteiger partial charge in [0.15, 0.2) is 0 Å². The summed E-state index contributed by atoms with van der Waals surface area (Å²) in [6.45, 7) is 2.51. The van der Waals surface area contributed by atoms with E-state index in [9.17, 15) is 8.42 Å². The number of benzene rings is 1. The fourth-order valence-corrected chi connectivity index (χ4v) is 4.68. The summed E-state index contributed by atoms with van der Waals surface area (Å²) >= 11 is 0. The average molecular weight is 296 g/mol. The second-order valence-electron chi connectivity index (χ2n) is 5.74. The summed E-state index contributed by atoms with van der Waals surface area (Å²) in [5, 5.41) is 0. The Bertz CT molecular complexity index is 516. The maximum absolute atomic E-state index is 12.3. The van der Waals surface area contributed by atoms with Gasteiger partial charge >= 0.3 is 0 Å². The van der Waals surface area contributed by atoms with Gasteiger partial charge in [-0.15, -0.1) is 0 Å². The van der Waals surface area contributed by atoms with Gasteiger partial charge in [-0.1, -0.05) is 43.7 Å². The minimum Gasteiger partial charge on any atom is -0.330 e. The Morgan fingerprint density at radius 1 is 1.30 bits per heavy atom. The van der Waals surface area contributed by atoms with E-state index in [1.54, 1.807) is 0 Å². The van der Waals surface area contributed by atoms with Gasteiger partial charge in [0, 0.05) is 6.04 Å². The molecule has 0 spiro atoms. The maximum Gasteiger partial charge on any atom is 0.212 e. The Morgan fingerprint density at radius 3 is 2.65 bits per heavy atom. The third kappa shape index (κ3) is 4.04. The van der Waals surface area contributed by atoms with Crippen LogP contribution < -0.4 is 10.5 Å². The monoisotopic (exact) mass is 296 g/mol. The van der Waals surface area contributed by atoms with E-state index in [1.807, 2.05) is 37.3 Å². The molecule has 5 heteroatoms. The third-order valence-corrected chi connectivity index (χ3v) is 5.73. The highest BCUT2D eigenvalue weighted by Crippen LogP contribution is 2.26. The van der Waals surface area contributed by atoms with E-state index in [0.717, 1.165) is 24.8 Å². The van der Waals surface area contributed by atoms with Gasteiger partial charge in [-0.2, -0.15) is 0 Å². The molecule has 0 aliphatic heterocycles. The number of nitrogens with one attached hydrogen (secondary N) is 1. The van der Waals surface area contributed by atoms with E-state index in [2.05, 4.69) is 4.72 Å². The molecule has 0 amide bonds. The lowest BCUT2D eigenvalue weighted by Crippen LogP contribution is -2.41. The normalized spacial score (nSPS) is 24.7. The minimum absolute atomic E-state index is 0.00794. The fourth-order valence-electron chi connectivity index (χ4n) is 2.96. The van der Waals surface area contributed by atoms with Crippen molar-refractivity contribution in [1.82, 2.24) is 4.72 Å². The van der Waals surface area contributed by atoms with Crippen LogP contribution in [0.4, 0.5) is 0 Å². The predicted octanol–water partition coefficient (Wildman–Crippen LogP) is 1.84. The van der Waals surface area contributed by atoms with E-state index >= 15 is 0 Å². The van der Waals surface area contributed by atoms with Crippen LogP contribution in [0.2, 0.25) is 0 Å². The van der Waals surface area contributed by atoms with E-state index in [1.165, 1.54) is 0 Å². The molecule has 1 aliphatic carbocycles.